The minimum absolute atomic E-state index is 0.250. The van der Waals surface area contributed by atoms with Gasteiger partial charge in [-0.3, -0.25) is 0 Å². The number of likely N-dealkylation sites (N-methyl/N-ethyl adjacent to an activating group) is 1. The number of rotatable bonds is 0. The third-order valence-corrected chi connectivity index (χ3v) is 6.64. The van der Waals surface area contributed by atoms with E-state index in [0.29, 0.717) is 24.0 Å². The van der Waals surface area contributed by atoms with Gasteiger partial charge >= 0.3 is 0 Å². The molecule has 4 aliphatic rings. The van der Waals surface area contributed by atoms with Crippen LogP contribution in [0.2, 0.25) is 0 Å². The lowest BCUT2D eigenvalue weighted by molar-refractivity contribution is -0.0142. The summed E-state index contributed by atoms with van der Waals surface area (Å²) in [5.74, 6) is 2.37. The second kappa shape index (κ2) is 3.73. The number of piperidine rings is 1. The highest BCUT2D eigenvalue weighted by Gasteiger charge is 2.63. The van der Waals surface area contributed by atoms with E-state index >= 15 is 0 Å². The van der Waals surface area contributed by atoms with Crippen LogP contribution in [0.25, 0.3) is 0 Å². The maximum Gasteiger partial charge on any atom is 0.126 e. The van der Waals surface area contributed by atoms with Crippen LogP contribution in [0, 0.1) is 18.8 Å². The molecule has 0 aromatic heterocycles. The van der Waals surface area contributed by atoms with Gasteiger partial charge < -0.3 is 9.64 Å². The quantitative estimate of drug-likeness (QED) is 0.678. The van der Waals surface area contributed by atoms with Gasteiger partial charge in [-0.05, 0) is 44.5 Å². The summed E-state index contributed by atoms with van der Waals surface area (Å²) in [6.07, 6.45) is 7.70. The van der Waals surface area contributed by atoms with Crippen LogP contribution < -0.4 is 4.74 Å². The first-order valence-corrected chi connectivity index (χ1v) is 8.31. The lowest BCUT2D eigenvalue weighted by Crippen LogP contribution is -2.63. The van der Waals surface area contributed by atoms with E-state index in [4.69, 9.17) is 4.74 Å². The topological polar surface area (TPSA) is 12.5 Å². The van der Waals surface area contributed by atoms with E-state index in [1.165, 1.54) is 30.7 Å². The van der Waals surface area contributed by atoms with Crippen molar-refractivity contribution in [2.24, 2.45) is 11.8 Å². The number of likely N-dealkylation sites (tertiary alicyclic amines) is 1. The van der Waals surface area contributed by atoms with Gasteiger partial charge in [0.1, 0.15) is 11.9 Å². The highest BCUT2D eigenvalue weighted by Crippen LogP contribution is 2.61. The molecular weight excluding hydrogens is 258 g/mol. The molecule has 2 aliphatic carbocycles. The van der Waals surface area contributed by atoms with Crippen molar-refractivity contribution in [1.82, 2.24) is 4.90 Å². The molecule has 0 N–H and O–H groups in total. The van der Waals surface area contributed by atoms with Crippen molar-refractivity contribution in [2.75, 3.05) is 13.6 Å². The van der Waals surface area contributed by atoms with Crippen molar-refractivity contribution < 1.29 is 4.74 Å². The van der Waals surface area contributed by atoms with E-state index in [1.807, 2.05) is 0 Å². The summed E-state index contributed by atoms with van der Waals surface area (Å²) >= 11 is 0. The molecule has 1 spiro atoms. The fraction of sp³-hybridized carbons (Fsp3) is 0.579. The fourth-order valence-electron chi connectivity index (χ4n) is 5.65. The van der Waals surface area contributed by atoms with Crippen LogP contribution in [0.15, 0.2) is 24.3 Å². The minimum atomic E-state index is 0.250. The fourth-order valence-corrected chi connectivity index (χ4v) is 5.65. The number of benzene rings is 1. The maximum absolute atomic E-state index is 6.59. The summed E-state index contributed by atoms with van der Waals surface area (Å²) in [4.78, 5) is 2.58. The Morgan fingerprint density at radius 3 is 3.00 bits per heavy atom. The zero-order valence-corrected chi connectivity index (χ0v) is 13.1. The van der Waals surface area contributed by atoms with Gasteiger partial charge in [-0.1, -0.05) is 31.2 Å². The van der Waals surface area contributed by atoms with Crippen molar-refractivity contribution >= 4 is 0 Å². The van der Waals surface area contributed by atoms with E-state index in [1.54, 1.807) is 11.1 Å². The lowest BCUT2D eigenvalue weighted by atomic mass is 9.52. The molecule has 2 nitrogen and oxygen atoms in total. The van der Waals surface area contributed by atoms with Gasteiger partial charge in [-0.2, -0.15) is 0 Å². The first-order valence-electron chi connectivity index (χ1n) is 8.31. The predicted molar refractivity (Wildman–Crippen MR) is 83.8 cm³/mol. The highest BCUT2D eigenvalue weighted by molar-refractivity contribution is 5.59. The Morgan fingerprint density at radius 1 is 1.29 bits per heavy atom. The Balaban J connectivity index is 1.84. The van der Waals surface area contributed by atoms with E-state index in [-0.39, 0.29) is 5.41 Å². The SMILES string of the molecule is Cc1ccc2c3c1O[C@H]1[C@@H](C)C=CC4C(C2)N(C)CC[C@@]341. The lowest BCUT2D eigenvalue weighted by Gasteiger charge is -2.56. The Kier molecular flexibility index (Phi) is 2.18. The van der Waals surface area contributed by atoms with Gasteiger partial charge in [0.2, 0.25) is 0 Å². The molecule has 2 bridgehead atoms. The monoisotopic (exact) mass is 281 g/mol. The summed E-state index contributed by atoms with van der Waals surface area (Å²) in [5, 5.41) is 0. The van der Waals surface area contributed by atoms with Crippen LogP contribution in [0.1, 0.15) is 30.0 Å². The second-order valence-electron chi connectivity index (χ2n) is 7.60. The second-order valence-corrected chi connectivity index (χ2v) is 7.60. The van der Waals surface area contributed by atoms with E-state index in [9.17, 15) is 0 Å². The Morgan fingerprint density at radius 2 is 2.14 bits per heavy atom. The first-order chi connectivity index (χ1) is 10.1. The molecule has 0 amide bonds. The van der Waals surface area contributed by atoms with E-state index < -0.39 is 0 Å². The summed E-state index contributed by atoms with van der Waals surface area (Å²) in [6.45, 7) is 5.74. The minimum Gasteiger partial charge on any atom is -0.488 e. The average molecular weight is 281 g/mol. The summed E-state index contributed by atoms with van der Waals surface area (Å²) in [7, 11) is 2.30. The van der Waals surface area contributed by atoms with Crippen molar-refractivity contribution in [1.29, 1.82) is 0 Å². The zero-order chi connectivity index (χ0) is 14.4. The molecule has 5 rings (SSSR count). The van der Waals surface area contributed by atoms with Crippen LogP contribution >= 0.6 is 0 Å². The Bertz CT molecular complexity index is 664. The van der Waals surface area contributed by atoms with Gasteiger partial charge in [-0.15, -0.1) is 0 Å². The molecule has 0 radical (unpaired) electrons. The van der Waals surface area contributed by atoms with E-state index in [2.05, 4.69) is 50.1 Å². The molecule has 2 heterocycles. The van der Waals surface area contributed by atoms with Crippen LogP contribution in [0.3, 0.4) is 0 Å². The molecule has 1 aromatic rings. The number of hydrogen-bond acceptors (Lipinski definition) is 2. The average Bonchev–Trinajstić information content (AvgIpc) is 2.83. The van der Waals surface area contributed by atoms with Crippen molar-refractivity contribution in [2.45, 2.75) is 44.2 Å². The zero-order valence-electron chi connectivity index (χ0n) is 13.1. The van der Waals surface area contributed by atoms with Crippen molar-refractivity contribution in [3.05, 3.63) is 41.0 Å². The molecule has 1 aromatic carbocycles. The molecule has 110 valence electrons. The van der Waals surface area contributed by atoms with Crippen LogP contribution in [-0.4, -0.2) is 30.6 Å². The van der Waals surface area contributed by atoms with E-state index in [0.717, 1.165) is 0 Å². The van der Waals surface area contributed by atoms with Gasteiger partial charge in [0.05, 0.1) is 0 Å². The number of nitrogens with zero attached hydrogens (tertiary/aromatic N) is 1. The van der Waals surface area contributed by atoms with Gasteiger partial charge in [-0.25, -0.2) is 0 Å². The summed E-state index contributed by atoms with van der Waals surface area (Å²) in [6, 6.07) is 5.28. The normalized spacial score (nSPS) is 42.6. The Hall–Kier alpha value is -1.28. The molecule has 2 heteroatoms. The molecule has 2 unspecified atom stereocenters. The standard InChI is InChI=1S/C19H23NO/c1-11-4-6-13-10-15-14-7-5-12(2)18-19(14,8-9-20(15)3)16(13)17(11)21-18/h4-7,12,14-15,18H,8-10H2,1-3H3/t12-,14?,15?,18-,19-/m0/s1. The van der Waals surface area contributed by atoms with Gasteiger partial charge in [0, 0.05) is 28.9 Å². The molecule has 1 fully saturated rings. The maximum atomic E-state index is 6.59. The third kappa shape index (κ3) is 1.25. The number of aryl methyl sites for hydroxylation is 1. The molecule has 0 saturated carbocycles. The van der Waals surface area contributed by atoms with Crippen LogP contribution in [0.5, 0.6) is 5.75 Å². The summed E-state index contributed by atoms with van der Waals surface area (Å²) in [5.41, 5.74) is 4.70. The molecule has 2 aliphatic heterocycles. The largest absolute Gasteiger partial charge is 0.488 e. The molecule has 5 atom stereocenters. The predicted octanol–water partition coefficient (Wildman–Crippen LogP) is 3.08. The molecular formula is C19H23NO. The first kappa shape index (κ1) is 12.3. The van der Waals surface area contributed by atoms with Crippen LogP contribution in [0.4, 0.5) is 0 Å². The van der Waals surface area contributed by atoms with Crippen molar-refractivity contribution in [3.63, 3.8) is 0 Å². The molecule has 1 saturated heterocycles. The smallest absolute Gasteiger partial charge is 0.126 e. The number of hydrogen-bond donors (Lipinski definition) is 0. The van der Waals surface area contributed by atoms with Crippen molar-refractivity contribution in [3.8, 4) is 5.75 Å². The highest BCUT2D eigenvalue weighted by atomic mass is 16.5. The molecule has 21 heavy (non-hydrogen) atoms. The third-order valence-electron chi connectivity index (χ3n) is 6.64. The number of ether oxygens (including phenoxy) is 1. The van der Waals surface area contributed by atoms with Crippen LogP contribution in [-0.2, 0) is 11.8 Å². The van der Waals surface area contributed by atoms with Gasteiger partial charge in [0.25, 0.3) is 0 Å². The summed E-state index contributed by atoms with van der Waals surface area (Å²) < 4.78 is 6.59. The Labute approximate surface area is 126 Å². The van der Waals surface area contributed by atoms with Gasteiger partial charge in [0.15, 0.2) is 0 Å².